The zero-order valence-corrected chi connectivity index (χ0v) is 24.0. The molecule has 3 aliphatic heterocycles. The largest absolute Gasteiger partial charge is 0.453 e. The number of amides is 2. The highest BCUT2D eigenvalue weighted by Crippen LogP contribution is 2.43. The molecule has 2 bridgehead atoms. The minimum Gasteiger partial charge on any atom is -0.453 e. The summed E-state index contributed by atoms with van der Waals surface area (Å²) in [5, 5.41) is 3.13. The Kier molecular flexibility index (Phi) is 7.89. The SMILES string of the molecule is COC(=O)N1CCc2c(nc(C)n2[C@H]2C[C@H]3CC[C@@H](C2)N3CC[C@H](NC(=O)OC(C)(C)C)c2ccccc2)C1. The maximum atomic E-state index is 12.6. The van der Waals surface area contributed by atoms with Crippen molar-refractivity contribution in [1.29, 1.82) is 0 Å². The van der Waals surface area contributed by atoms with Gasteiger partial charge in [0.05, 0.1) is 25.4 Å². The van der Waals surface area contributed by atoms with Gasteiger partial charge in [-0.05, 0) is 65.4 Å². The van der Waals surface area contributed by atoms with E-state index in [1.165, 1.54) is 25.6 Å². The molecule has 4 heterocycles. The third-order valence-electron chi connectivity index (χ3n) is 8.45. The lowest BCUT2D eigenvalue weighted by molar-refractivity contribution is 0.0488. The Balaban J connectivity index is 1.25. The Labute approximate surface area is 231 Å². The second-order valence-corrected chi connectivity index (χ2v) is 12.2. The van der Waals surface area contributed by atoms with Crippen LogP contribution in [-0.2, 0) is 22.4 Å². The third kappa shape index (κ3) is 6.08. The number of hydrogen-bond acceptors (Lipinski definition) is 6. The second-order valence-electron chi connectivity index (χ2n) is 12.2. The van der Waals surface area contributed by atoms with Crippen molar-refractivity contribution in [3.8, 4) is 0 Å². The van der Waals surface area contributed by atoms with Gasteiger partial charge in [0.25, 0.3) is 0 Å². The molecule has 1 aromatic heterocycles. The molecule has 1 N–H and O–H groups in total. The molecule has 3 aliphatic rings. The topological polar surface area (TPSA) is 88.9 Å². The van der Waals surface area contributed by atoms with Crippen LogP contribution in [0.3, 0.4) is 0 Å². The van der Waals surface area contributed by atoms with Gasteiger partial charge in [0.2, 0.25) is 0 Å². The van der Waals surface area contributed by atoms with E-state index in [1.807, 2.05) is 39.0 Å². The highest BCUT2D eigenvalue weighted by molar-refractivity contribution is 5.68. The molecule has 212 valence electrons. The number of piperidine rings is 1. The Morgan fingerprint density at radius 3 is 2.44 bits per heavy atom. The van der Waals surface area contributed by atoms with Gasteiger partial charge in [0.1, 0.15) is 11.4 Å². The molecule has 0 radical (unpaired) electrons. The van der Waals surface area contributed by atoms with Crippen molar-refractivity contribution in [1.82, 2.24) is 24.7 Å². The number of benzene rings is 1. The van der Waals surface area contributed by atoms with Gasteiger partial charge in [-0.3, -0.25) is 4.90 Å². The van der Waals surface area contributed by atoms with Crippen molar-refractivity contribution < 1.29 is 19.1 Å². The number of carbonyl (C=O) groups is 2. The Morgan fingerprint density at radius 2 is 1.79 bits per heavy atom. The molecular weight excluding hydrogens is 494 g/mol. The standard InChI is InChI=1S/C30H43N5O4/c1-20-31-26-19-33(29(37)38-5)15-14-27(26)35(20)24-17-22-11-12-23(18-24)34(22)16-13-25(21-9-7-6-8-10-21)32-28(36)39-30(2,3)4/h6-10,22-25H,11-19H2,1-5H3,(H,32,36)/t22-,23+,24+,25-/m0/s1. The van der Waals surface area contributed by atoms with Crippen LogP contribution in [0.25, 0.3) is 0 Å². The molecule has 4 atom stereocenters. The van der Waals surface area contributed by atoms with E-state index in [9.17, 15) is 9.59 Å². The predicted molar refractivity (Wildman–Crippen MR) is 148 cm³/mol. The van der Waals surface area contributed by atoms with E-state index < -0.39 is 5.60 Å². The van der Waals surface area contributed by atoms with Crippen molar-refractivity contribution in [3.63, 3.8) is 0 Å². The van der Waals surface area contributed by atoms with Gasteiger partial charge in [-0.1, -0.05) is 30.3 Å². The first kappa shape index (κ1) is 27.5. The summed E-state index contributed by atoms with van der Waals surface area (Å²) in [4.78, 5) is 34.0. The Bertz CT molecular complexity index is 1160. The van der Waals surface area contributed by atoms with Gasteiger partial charge in [0, 0.05) is 43.3 Å². The zero-order valence-electron chi connectivity index (χ0n) is 24.0. The van der Waals surface area contributed by atoms with Crippen LogP contribution in [0.4, 0.5) is 9.59 Å². The van der Waals surface area contributed by atoms with E-state index in [2.05, 4.69) is 33.8 Å². The molecule has 39 heavy (non-hydrogen) atoms. The summed E-state index contributed by atoms with van der Waals surface area (Å²) in [6.07, 6.45) is 5.64. The number of alkyl carbamates (subject to hydrolysis) is 1. The van der Waals surface area contributed by atoms with Crippen molar-refractivity contribution >= 4 is 12.2 Å². The number of hydrogen-bond donors (Lipinski definition) is 1. The van der Waals surface area contributed by atoms with Crippen LogP contribution in [0, 0.1) is 6.92 Å². The van der Waals surface area contributed by atoms with Crippen LogP contribution in [-0.4, -0.2) is 69.4 Å². The molecule has 2 saturated heterocycles. The van der Waals surface area contributed by atoms with Crippen molar-refractivity contribution in [2.45, 2.75) is 103 Å². The minimum atomic E-state index is -0.533. The van der Waals surface area contributed by atoms with E-state index in [0.717, 1.165) is 49.3 Å². The van der Waals surface area contributed by atoms with Crippen LogP contribution in [0.1, 0.15) is 87.7 Å². The summed E-state index contributed by atoms with van der Waals surface area (Å²) in [7, 11) is 1.43. The second kappa shape index (κ2) is 11.2. The lowest BCUT2D eigenvalue weighted by Gasteiger charge is -2.41. The molecule has 2 fully saturated rings. The van der Waals surface area contributed by atoms with Gasteiger partial charge < -0.3 is 24.3 Å². The fraction of sp³-hybridized carbons (Fsp3) is 0.633. The lowest BCUT2D eigenvalue weighted by atomic mass is 9.95. The number of ether oxygens (including phenoxy) is 2. The van der Waals surface area contributed by atoms with Crippen LogP contribution in [0.15, 0.2) is 30.3 Å². The van der Waals surface area contributed by atoms with Crippen molar-refractivity contribution in [2.24, 2.45) is 0 Å². The molecule has 9 nitrogen and oxygen atoms in total. The number of imidazole rings is 1. The normalized spacial score (nSPS) is 23.7. The molecule has 0 unspecified atom stereocenters. The molecular formula is C30H43N5O4. The van der Waals surface area contributed by atoms with Crippen LogP contribution in [0.5, 0.6) is 0 Å². The molecule has 9 heteroatoms. The number of aromatic nitrogens is 2. The first-order valence-electron chi connectivity index (χ1n) is 14.3. The van der Waals surface area contributed by atoms with E-state index in [4.69, 9.17) is 14.5 Å². The van der Waals surface area contributed by atoms with Crippen molar-refractivity contribution in [3.05, 3.63) is 53.1 Å². The van der Waals surface area contributed by atoms with Gasteiger partial charge in [-0.25, -0.2) is 14.6 Å². The molecule has 5 rings (SSSR count). The molecule has 0 saturated carbocycles. The summed E-state index contributed by atoms with van der Waals surface area (Å²) in [6, 6.07) is 11.6. The van der Waals surface area contributed by atoms with Crippen LogP contribution in [0.2, 0.25) is 0 Å². The molecule has 1 aromatic carbocycles. The minimum absolute atomic E-state index is 0.0983. The van der Waals surface area contributed by atoms with E-state index in [1.54, 1.807) is 4.90 Å². The number of nitrogens with one attached hydrogen (secondary N) is 1. The number of rotatable bonds is 6. The first-order chi connectivity index (χ1) is 18.6. The van der Waals surface area contributed by atoms with E-state index >= 15 is 0 Å². The number of nitrogens with zero attached hydrogens (tertiary/aromatic N) is 4. The maximum absolute atomic E-state index is 12.6. The Morgan fingerprint density at radius 1 is 1.10 bits per heavy atom. The van der Waals surface area contributed by atoms with Crippen LogP contribution < -0.4 is 5.32 Å². The molecule has 0 spiro atoms. The highest BCUT2D eigenvalue weighted by atomic mass is 16.6. The first-order valence-corrected chi connectivity index (χ1v) is 14.3. The van der Waals surface area contributed by atoms with Gasteiger partial charge in [-0.2, -0.15) is 0 Å². The smallest absolute Gasteiger partial charge is 0.409 e. The van der Waals surface area contributed by atoms with E-state index in [-0.39, 0.29) is 18.2 Å². The quantitative estimate of drug-likeness (QED) is 0.549. The average Bonchev–Trinajstić information content (AvgIpc) is 3.35. The monoisotopic (exact) mass is 537 g/mol. The summed E-state index contributed by atoms with van der Waals surface area (Å²) in [5.41, 5.74) is 2.87. The number of carbonyl (C=O) groups excluding carboxylic acids is 2. The highest BCUT2D eigenvalue weighted by Gasteiger charge is 2.42. The zero-order chi connectivity index (χ0) is 27.7. The third-order valence-corrected chi connectivity index (χ3v) is 8.45. The van der Waals surface area contributed by atoms with Crippen LogP contribution >= 0.6 is 0 Å². The molecule has 2 aromatic rings. The lowest BCUT2D eigenvalue weighted by Crippen LogP contribution is -2.45. The number of methoxy groups -OCH3 is 1. The molecule has 2 amide bonds. The summed E-state index contributed by atoms with van der Waals surface area (Å²) in [6.45, 7) is 9.89. The summed E-state index contributed by atoms with van der Waals surface area (Å²) in [5.74, 6) is 1.05. The summed E-state index contributed by atoms with van der Waals surface area (Å²) < 4.78 is 13.0. The number of fused-ring (bicyclic) bond motifs is 3. The fourth-order valence-corrected chi connectivity index (χ4v) is 6.87. The maximum Gasteiger partial charge on any atom is 0.409 e. The van der Waals surface area contributed by atoms with Gasteiger partial charge in [0.15, 0.2) is 0 Å². The van der Waals surface area contributed by atoms with Crippen molar-refractivity contribution in [2.75, 3.05) is 20.2 Å². The van der Waals surface area contributed by atoms with Gasteiger partial charge in [-0.15, -0.1) is 0 Å². The predicted octanol–water partition coefficient (Wildman–Crippen LogP) is 5.14. The van der Waals surface area contributed by atoms with E-state index in [0.29, 0.717) is 31.2 Å². The fourth-order valence-electron chi connectivity index (χ4n) is 6.87. The Hall–Kier alpha value is -3.07. The number of aryl methyl sites for hydroxylation is 1. The van der Waals surface area contributed by atoms with Gasteiger partial charge >= 0.3 is 12.2 Å². The average molecular weight is 538 g/mol. The molecule has 0 aliphatic carbocycles. The summed E-state index contributed by atoms with van der Waals surface area (Å²) >= 11 is 0.